The Morgan fingerprint density at radius 2 is 2.06 bits per heavy atom. The molecule has 0 radical (unpaired) electrons. The largest absolute Gasteiger partial charge is 0.310 e. The second-order valence-corrected chi connectivity index (χ2v) is 6.24. The van der Waals surface area contributed by atoms with Gasteiger partial charge in [-0.15, -0.1) is 0 Å². The Morgan fingerprint density at radius 1 is 1.28 bits per heavy atom. The van der Waals surface area contributed by atoms with Crippen LogP contribution < -0.4 is 10.9 Å². The number of nitrogens with one attached hydrogen (secondary N) is 1. The molecule has 0 saturated carbocycles. The molecule has 3 nitrogen and oxygen atoms in total. The van der Waals surface area contributed by atoms with Gasteiger partial charge in [-0.2, -0.15) is 0 Å². The third-order valence-electron chi connectivity index (χ3n) is 3.84. The van der Waals surface area contributed by atoms with Crippen LogP contribution in [0.2, 0.25) is 0 Å². The van der Waals surface area contributed by atoms with E-state index in [4.69, 9.17) is 0 Å². The van der Waals surface area contributed by atoms with E-state index in [0.29, 0.717) is 18.1 Å². The van der Waals surface area contributed by atoms with Gasteiger partial charge in [0.25, 0.3) is 5.56 Å². The van der Waals surface area contributed by atoms with Gasteiger partial charge in [-0.05, 0) is 38.8 Å². The zero-order valence-electron chi connectivity index (χ0n) is 10.7. The Morgan fingerprint density at radius 3 is 2.78 bits per heavy atom. The van der Waals surface area contributed by atoms with Crippen molar-refractivity contribution in [1.29, 1.82) is 0 Å². The van der Waals surface area contributed by atoms with Crippen LogP contribution in [0.25, 0.3) is 10.1 Å². The summed E-state index contributed by atoms with van der Waals surface area (Å²) >= 11 is 1.60. The van der Waals surface area contributed by atoms with Crippen LogP contribution in [-0.2, 0) is 0 Å². The number of hydrogen-bond acceptors (Lipinski definition) is 3. The molecule has 96 valence electrons. The summed E-state index contributed by atoms with van der Waals surface area (Å²) in [5.41, 5.74) is 0.170. The summed E-state index contributed by atoms with van der Waals surface area (Å²) in [4.78, 5) is 12.4. The summed E-state index contributed by atoms with van der Waals surface area (Å²) in [6, 6.07) is 9.10. The van der Waals surface area contributed by atoms with Crippen molar-refractivity contribution >= 4 is 21.6 Å². The molecule has 4 heteroatoms. The molecule has 1 aromatic carbocycles. The van der Waals surface area contributed by atoms with Crippen LogP contribution in [0.1, 0.15) is 32.7 Å². The molecule has 2 aromatic rings. The van der Waals surface area contributed by atoms with Crippen molar-refractivity contribution in [2.24, 2.45) is 0 Å². The van der Waals surface area contributed by atoms with Gasteiger partial charge < -0.3 is 5.32 Å². The fraction of sp³-hybridized carbons (Fsp3) is 0.500. The molecule has 3 rings (SSSR count). The Hall–Kier alpha value is -1.13. The van der Waals surface area contributed by atoms with E-state index in [1.54, 1.807) is 11.5 Å². The van der Waals surface area contributed by atoms with E-state index < -0.39 is 0 Å². The van der Waals surface area contributed by atoms with Crippen LogP contribution in [0.3, 0.4) is 0 Å². The Labute approximate surface area is 111 Å². The molecular weight excluding hydrogens is 244 g/mol. The van der Waals surface area contributed by atoms with Crippen molar-refractivity contribution in [2.45, 2.75) is 44.8 Å². The van der Waals surface area contributed by atoms with Crippen molar-refractivity contribution in [2.75, 3.05) is 0 Å². The molecular formula is C14H18N2OS. The first-order valence-electron chi connectivity index (χ1n) is 6.53. The van der Waals surface area contributed by atoms with Crippen LogP contribution in [-0.4, -0.2) is 16.0 Å². The second-order valence-electron chi connectivity index (χ2n) is 5.22. The fourth-order valence-electron chi connectivity index (χ4n) is 2.84. The fourth-order valence-corrected chi connectivity index (χ4v) is 4.05. The van der Waals surface area contributed by atoms with Gasteiger partial charge in [-0.3, -0.25) is 8.75 Å². The first kappa shape index (κ1) is 11.9. The van der Waals surface area contributed by atoms with E-state index >= 15 is 0 Å². The van der Waals surface area contributed by atoms with Crippen LogP contribution in [0.4, 0.5) is 0 Å². The van der Waals surface area contributed by atoms with E-state index in [9.17, 15) is 4.79 Å². The predicted octanol–water partition coefficient (Wildman–Crippen LogP) is 2.76. The Balaban J connectivity index is 2.04. The van der Waals surface area contributed by atoms with Gasteiger partial charge in [0.15, 0.2) is 0 Å². The second kappa shape index (κ2) is 4.52. The first-order chi connectivity index (χ1) is 8.66. The lowest BCUT2D eigenvalue weighted by Crippen LogP contribution is -2.46. The minimum Gasteiger partial charge on any atom is -0.310 e. The van der Waals surface area contributed by atoms with Gasteiger partial charge >= 0.3 is 0 Å². The average Bonchev–Trinajstić information content (AvgIpc) is 2.68. The number of fused-ring (bicyclic) bond motifs is 1. The molecule has 0 amide bonds. The smallest absolute Gasteiger partial charge is 0.268 e. The van der Waals surface area contributed by atoms with Gasteiger partial charge in [-0.1, -0.05) is 23.7 Å². The van der Waals surface area contributed by atoms with Gasteiger partial charge in [-0.25, -0.2) is 0 Å². The van der Waals surface area contributed by atoms with Crippen molar-refractivity contribution in [3.05, 3.63) is 34.6 Å². The lowest BCUT2D eigenvalue weighted by molar-refractivity contribution is 0.261. The Bertz CT molecular complexity index is 616. The molecule has 2 heterocycles. The minimum atomic E-state index is 0.170. The maximum absolute atomic E-state index is 12.4. The highest BCUT2D eigenvalue weighted by Gasteiger charge is 2.28. The summed E-state index contributed by atoms with van der Waals surface area (Å²) < 4.78 is 3.06. The summed E-state index contributed by atoms with van der Waals surface area (Å²) in [5, 5.41) is 4.40. The lowest BCUT2D eigenvalue weighted by atomic mass is 9.96. The minimum absolute atomic E-state index is 0.170. The van der Waals surface area contributed by atoms with E-state index in [2.05, 4.69) is 19.2 Å². The molecule has 1 saturated heterocycles. The van der Waals surface area contributed by atoms with Crippen molar-refractivity contribution < 1.29 is 0 Å². The van der Waals surface area contributed by atoms with Crippen molar-refractivity contribution in [1.82, 2.24) is 9.27 Å². The van der Waals surface area contributed by atoms with Crippen molar-refractivity contribution in [3.8, 4) is 0 Å². The molecule has 0 aliphatic carbocycles. The molecule has 1 N–H and O–H groups in total. The topological polar surface area (TPSA) is 34.0 Å². The number of piperidine rings is 1. The van der Waals surface area contributed by atoms with E-state index in [1.807, 2.05) is 28.2 Å². The summed E-state index contributed by atoms with van der Waals surface area (Å²) in [6.45, 7) is 4.39. The van der Waals surface area contributed by atoms with Gasteiger partial charge in [0.05, 0.1) is 16.1 Å². The molecule has 0 spiro atoms. The SMILES string of the molecule is CC1CCC(n2sc3ccccc3c2=O)C(C)N1. The third-order valence-corrected chi connectivity index (χ3v) is 5.02. The Kier molecular flexibility index (Phi) is 2.99. The number of nitrogens with zero attached hydrogens (tertiary/aromatic N) is 1. The molecule has 1 aliphatic heterocycles. The quantitative estimate of drug-likeness (QED) is 0.857. The maximum Gasteiger partial charge on any atom is 0.268 e. The van der Waals surface area contributed by atoms with Gasteiger partial charge in [0, 0.05) is 12.1 Å². The van der Waals surface area contributed by atoms with Crippen LogP contribution in [0, 0.1) is 0 Å². The van der Waals surface area contributed by atoms with E-state index in [1.165, 1.54) is 0 Å². The molecule has 1 aromatic heterocycles. The van der Waals surface area contributed by atoms with Gasteiger partial charge in [0.2, 0.25) is 0 Å². The summed E-state index contributed by atoms with van der Waals surface area (Å²) in [5.74, 6) is 0. The maximum atomic E-state index is 12.4. The molecule has 1 aliphatic rings. The van der Waals surface area contributed by atoms with Crippen molar-refractivity contribution in [3.63, 3.8) is 0 Å². The van der Waals surface area contributed by atoms with Crippen LogP contribution >= 0.6 is 11.5 Å². The van der Waals surface area contributed by atoms with Crippen LogP contribution in [0.5, 0.6) is 0 Å². The third kappa shape index (κ3) is 1.89. The number of hydrogen-bond donors (Lipinski definition) is 1. The predicted molar refractivity (Wildman–Crippen MR) is 76.4 cm³/mol. The highest BCUT2D eigenvalue weighted by atomic mass is 32.1. The summed E-state index contributed by atoms with van der Waals surface area (Å²) in [7, 11) is 0. The highest BCUT2D eigenvalue weighted by molar-refractivity contribution is 7.13. The van der Waals surface area contributed by atoms with Crippen LogP contribution in [0.15, 0.2) is 29.1 Å². The zero-order valence-corrected chi connectivity index (χ0v) is 11.5. The number of aromatic nitrogens is 1. The molecule has 3 atom stereocenters. The number of benzene rings is 1. The first-order valence-corrected chi connectivity index (χ1v) is 7.31. The molecule has 0 bridgehead atoms. The molecule has 3 unspecified atom stereocenters. The summed E-state index contributed by atoms with van der Waals surface area (Å²) in [6.07, 6.45) is 2.22. The number of rotatable bonds is 1. The zero-order chi connectivity index (χ0) is 12.7. The van der Waals surface area contributed by atoms with E-state index in [0.717, 1.165) is 22.9 Å². The molecule has 18 heavy (non-hydrogen) atoms. The highest BCUT2D eigenvalue weighted by Crippen LogP contribution is 2.28. The standard InChI is InChI=1S/C14H18N2OS/c1-9-7-8-12(10(2)15-9)16-14(17)11-5-3-4-6-13(11)18-16/h3-6,9-10,12,15H,7-8H2,1-2H3. The van der Waals surface area contributed by atoms with Gasteiger partial charge in [0.1, 0.15) is 0 Å². The molecule has 1 fully saturated rings. The average molecular weight is 262 g/mol. The lowest BCUT2D eigenvalue weighted by Gasteiger charge is -2.33. The monoisotopic (exact) mass is 262 g/mol. The normalized spacial score (nSPS) is 28.7. The van der Waals surface area contributed by atoms with E-state index in [-0.39, 0.29) is 5.56 Å².